The number of carbonyl (C=O) groups excluding carboxylic acids is 2. The van der Waals surface area contributed by atoms with Gasteiger partial charge in [0.15, 0.2) is 15.0 Å². The summed E-state index contributed by atoms with van der Waals surface area (Å²) in [5.41, 5.74) is -0.320. The highest BCUT2D eigenvalue weighted by atomic mass is 32.2. The average Bonchev–Trinajstić information content (AvgIpc) is 2.99. The zero-order chi connectivity index (χ0) is 22.7. The molecule has 1 heterocycles. The number of halogens is 1. The van der Waals surface area contributed by atoms with Crippen molar-refractivity contribution in [3.8, 4) is 0 Å². The predicted molar refractivity (Wildman–Crippen MR) is 116 cm³/mol. The Bertz CT molecular complexity index is 965. The van der Waals surface area contributed by atoms with Crippen LogP contribution in [0.5, 0.6) is 0 Å². The molecule has 0 bridgehead atoms. The van der Waals surface area contributed by atoms with E-state index in [0.717, 1.165) is 12.3 Å². The van der Waals surface area contributed by atoms with Gasteiger partial charge >= 0.3 is 6.03 Å². The number of sulfone groups is 1. The minimum absolute atomic E-state index is 0.136. The molecule has 0 spiro atoms. The number of nitrogens with one attached hydrogen (secondary N) is 2. The second-order valence-electron chi connectivity index (χ2n) is 7.87. The van der Waals surface area contributed by atoms with Crippen LogP contribution < -0.4 is 10.6 Å². The molecule has 1 atom stereocenters. The maximum absolute atomic E-state index is 14.2. The number of amides is 3. The molecule has 1 aromatic rings. The van der Waals surface area contributed by atoms with Crippen LogP contribution in [0.25, 0.3) is 0 Å². The number of likely N-dealkylation sites (N-methyl/N-ethyl adjacent to an activating group) is 1. The highest BCUT2D eigenvalue weighted by Crippen LogP contribution is 2.36. The first-order valence-corrected chi connectivity index (χ1v) is 12.2. The molecular weight excluding hydrogens is 431 g/mol. The molecule has 11 heteroatoms. The maximum Gasteiger partial charge on any atom is 0.321 e. The van der Waals surface area contributed by atoms with Crippen LogP contribution in [0.2, 0.25) is 0 Å². The van der Waals surface area contributed by atoms with Crippen LogP contribution in [-0.2, 0) is 20.2 Å². The Labute approximate surface area is 180 Å². The van der Waals surface area contributed by atoms with Crippen LogP contribution in [0.4, 0.5) is 9.18 Å². The first-order chi connectivity index (χ1) is 13.8. The largest absolute Gasteiger partial charge is 0.344 e. The monoisotopic (exact) mass is 458 g/mol. The van der Waals surface area contributed by atoms with Gasteiger partial charge in [0.1, 0.15) is 10.7 Å². The van der Waals surface area contributed by atoms with Gasteiger partial charge in [-0.3, -0.25) is 15.1 Å². The zero-order valence-electron chi connectivity index (χ0n) is 17.7. The lowest BCUT2D eigenvalue weighted by Gasteiger charge is -2.20. The Kier molecular flexibility index (Phi) is 7.51. The van der Waals surface area contributed by atoms with Crippen molar-refractivity contribution in [1.29, 1.82) is 0 Å². The van der Waals surface area contributed by atoms with E-state index in [2.05, 4.69) is 15.6 Å². The predicted octanol–water partition coefficient (Wildman–Crippen LogP) is 1.96. The van der Waals surface area contributed by atoms with Gasteiger partial charge in [-0.15, -0.1) is 0 Å². The third kappa shape index (κ3) is 6.18. The molecule has 0 saturated carbocycles. The van der Waals surface area contributed by atoms with E-state index in [4.69, 9.17) is 0 Å². The van der Waals surface area contributed by atoms with Crippen molar-refractivity contribution >= 4 is 38.7 Å². The topological polar surface area (TPSA) is 108 Å². The molecule has 2 N–H and O–H groups in total. The Morgan fingerprint density at radius 1 is 1.37 bits per heavy atom. The van der Waals surface area contributed by atoms with Gasteiger partial charge in [-0.05, 0) is 30.5 Å². The second-order valence-corrected chi connectivity index (χ2v) is 10.8. The molecule has 0 aliphatic carbocycles. The summed E-state index contributed by atoms with van der Waals surface area (Å²) < 4.78 is 37.4. The van der Waals surface area contributed by atoms with Crippen molar-refractivity contribution in [2.75, 3.05) is 32.1 Å². The molecule has 2 rings (SSSR count). The number of carbonyl (C=O) groups is 2. The number of benzene rings is 1. The van der Waals surface area contributed by atoms with E-state index in [1.165, 1.54) is 23.9 Å². The zero-order valence-corrected chi connectivity index (χ0v) is 19.3. The first kappa shape index (κ1) is 24.1. The number of hydrogen-bond donors (Lipinski definition) is 2. The van der Waals surface area contributed by atoms with Crippen molar-refractivity contribution in [3.63, 3.8) is 0 Å². The number of hydrogen-bond acceptors (Lipinski definition) is 6. The molecule has 1 aliphatic rings. The minimum Gasteiger partial charge on any atom is -0.344 e. The van der Waals surface area contributed by atoms with E-state index in [1.807, 2.05) is 13.8 Å². The minimum atomic E-state index is -3.66. The average molecular weight is 459 g/mol. The Balaban J connectivity index is 2.00. The first-order valence-electron chi connectivity index (χ1n) is 9.33. The van der Waals surface area contributed by atoms with Gasteiger partial charge in [-0.25, -0.2) is 17.6 Å². The fourth-order valence-corrected chi connectivity index (χ4v) is 4.74. The highest BCUT2D eigenvalue weighted by Gasteiger charge is 2.34. The number of thioether (sulfide) groups is 1. The van der Waals surface area contributed by atoms with Gasteiger partial charge in [0, 0.05) is 25.6 Å². The van der Waals surface area contributed by atoms with E-state index in [1.54, 1.807) is 18.9 Å². The number of aliphatic imine (C=N–C) groups is 1. The standard InChI is InChI=1S/C19H27FN4O4S2/c1-12(2)10-24(4)16(25)9-21-17(26)22-18-23-19(3,11-29-18)13-6-7-15(14(20)8-13)30(5,27)28/h6-8,12H,9-11H2,1-5H3,(H2,21,22,23,26)/t19-/m1/s1. The Hall–Kier alpha value is -2.14. The summed E-state index contributed by atoms with van der Waals surface area (Å²) in [4.78, 5) is 29.7. The SMILES string of the molecule is CC(C)CN(C)C(=O)CNC(=O)NC1=N[C@@](C)(c2ccc(S(C)(=O)=O)c(F)c2)CS1. The molecule has 3 amide bonds. The van der Waals surface area contributed by atoms with E-state index in [9.17, 15) is 22.4 Å². The van der Waals surface area contributed by atoms with E-state index in [0.29, 0.717) is 28.9 Å². The summed E-state index contributed by atoms with van der Waals surface area (Å²) in [5, 5.41) is 5.43. The third-order valence-electron chi connectivity index (χ3n) is 4.48. The lowest BCUT2D eigenvalue weighted by molar-refractivity contribution is -0.129. The number of amidine groups is 1. The van der Waals surface area contributed by atoms with Crippen molar-refractivity contribution in [2.45, 2.75) is 31.2 Å². The van der Waals surface area contributed by atoms with Crippen molar-refractivity contribution in [3.05, 3.63) is 29.6 Å². The molecule has 0 fully saturated rings. The van der Waals surface area contributed by atoms with Crippen LogP contribution >= 0.6 is 11.8 Å². The summed E-state index contributed by atoms with van der Waals surface area (Å²) in [7, 11) is -1.98. The lowest BCUT2D eigenvalue weighted by Crippen LogP contribution is -2.44. The van der Waals surface area contributed by atoms with Gasteiger partial charge in [-0.2, -0.15) is 0 Å². The molecule has 166 valence electrons. The molecule has 0 saturated heterocycles. The molecule has 0 aromatic heterocycles. The number of nitrogens with zero attached hydrogens (tertiary/aromatic N) is 2. The molecular formula is C19H27FN4O4S2. The van der Waals surface area contributed by atoms with Crippen molar-refractivity contribution < 1.29 is 22.4 Å². The van der Waals surface area contributed by atoms with Crippen molar-refractivity contribution in [1.82, 2.24) is 15.5 Å². The number of urea groups is 1. The van der Waals surface area contributed by atoms with Crippen LogP contribution in [0.15, 0.2) is 28.1 Å². The molecule has 0 unspecified atom stereocenters. The highest BCUT2D eigenvalue weighted by molar-refractivity contribution is 8.14. The van der Waals surface area contributed by atoms with Crippen LogP contribution in [-0.4, -0.2) is 62.6 Å². The normalized spacial score (nSPS) is 18.8. The van der Waals surface area contributed by atoms with Gasteiger partial charge in [0.05, 0.1) is 12.1 Å². The Morgan fingerprint density at radius 2 is 2.03 bits per heavy atom. The van der Waals surface area contributed by atoms with E-state index in [-0.39, 0.29) is 17.3 Å². The quantitative estimate of drug-likeness (QED) is 0.678. The van der Waals surface area contributed by atoms with E-state index < -0.39 is 27.2 Å². The molecule has 30 heavy (non-hydrogen) atoms. The Morgan fingerprint density at radius 3 is 2.60 bits per heavy atom. The van der Waals surface area contributed by atoms with Gasteiger partial charge in [0.25, 0.3) is 0 Å². The van der Waals surface area contributed by atoms with Gasteiger partial charge < -0.3 is 10.2 Å². The summed E-state index contributed by atoms with van der Waals surface area (Å²) in [5.74, 6) is -0.271. The molecule has 8 nitrogen and oxygen atoms in total. The lowest BCUT2D eigenvalue weighted by atomic mass is 9.95. The van der Waals surface area contributed by atoms with Gasteiger partial charge in [-0.1, -0.05) is 31.7 Å². The summed E-state index contributed by atoms with van der Waals surface area (Å²) >= 11 is 1.28. The molecule has 0 radical (unpaired) electrons. The van der Waals surface area contributed by atoms with Crippen LogP contribution in [0.3, 0.4) is 0 Å². The van der Waals surface area contributed by atoms with Crippen LogP contribution in [0.1, 0.15) is 26.3 Å². The van der Waals surface area contributed by atoms with Crippen molar-refractivity contribution in [2.24, 2.45) is 10.9 Å². The molecule has 1 aromatic carbocycles. The van der Waals surface area contributed by atoms with Crippen LogP contribution in [0, 0.1) is 11.7 Å². The van der Waals surface area contributed by atoms with Gasteiger partial charge in [0.2, 0.25) is 5.91 Å². The third-order valence-corrected chi connectivity index (χ3v) is 6.78. The fourth-order valence-electron chi connectivity index (χ4n) is 2.93. The number of rotatable bonds is 6. The summed E-state index contributed by atoms with van der Waals surface area (Å²) in [6.45, 7) is 6.22. The second kappa shape index (κ2) is 9.34. The van der Waals surface area contributed by atoms with E-state index >= 15 is 0 Å². The maximum atomic E-state index is 14.2. The fraction of sp³-hybridized carbons (Fsp3) is 0.526. The smallest absolute Gasteiger partial charge is 0.321 e. The summed E-state index contributed by atoms with van der Waals surface area (Å²) in [6, 6.07) is 3.35. The summed E-state index contributed by atoms with van der Waals surface area (Å²) in [6.07, 6.45) is 0.947. The molecule has 1 aliphatic heterocycles.